The van der Waals surface area contributed by atoms with Gasteiger partial charge in [0.25, 0.3) is 0 Å². The Kier molecular flexibility index (Phi) is 5.82. The number of nitrogens with one attached hydrogen (secondary N) is 1. The molecule has 6 heteroatoms. The Balaban J connectivity index is 0.00000180. The first-order valence-electron chi connectivity index (χ1n) is 6.53. The number of amides is 1. The van der Waals surface area contributed by atoms with Gasteiger partial charge in [0.15, 0.2) is 0 Å². The molecule has 19 heavy (non-hydrogen) atoms. The molecule has 0 bridgehead atoms. The first kappa shape index (κ1) is 16.0. The van der Waals surface area contributed by atoms with Gasteiger partial charge in [-0.05, 0) is 39.2 Å². The first-order chi connectivity index (χ1) is 8.63. The third kappa shape index (κ3) is 3.48. The van der Waals surface area contributed by atoms with Crippen molar-refractivity contribution >= 4 is 18.3 Å². The van der Waals surface area contributed by atoms with Crippen LogP contribution in [0, 0.1) is 25.7 Å². The highest BCUT2D eigenvalue weighted by Gasteiger charge is 2.31. The number of carbonyl (C=O) groups is 1. The minimum atomic E-state index is 0. The highest BCUT2D eigenvalue weighted by Crippen LogP contribution is 2.31. The minimum absolute atomic E-state index is 0. The molecule has 0 aromatic carbocycles. The van der Waals surface area contributed by atoms with Crippen molar-refractivity contribution in [1.29, 1.82) is 0 Å². The smallest absolute Gasteiger partial charge is 0.223 e. The van der Waals surface area contributed by atoms with Crippen molar-refractivity contribution in [3.63, 3.8) is 0 Å². The van der Waals surface area contributed by atoms with E-state index in [1.807, 2.05) is 13.8 Å². The molecule has 2 rings (SSSR count). The number of rotatable bonds is 4. The second kappa shape index (κ2) is 6.91. The second-order valence-corrected chi connectivity index (χ2v) is 5.05. The Morgan fingerprint density at radius 1 is 1.47 bits per heavy atom. The van der Waals surface area contributed by atoms with Gasteiger partial charge in [0, 0.05) is 18.0 Å². The van der Waals surface area contributed by atoms with Crippen LogP contribution in [-0.4, -0.2) is 17.6 Å². The molecule has 1 fully saturated rings. The molecule has 108 valence electrons. The van der Waals surface area contributed by atoms with E-state index < -0.39 is 0 Å². The molecular formula is C13H22ClN3O2. The molecule has 1 aromatic rings. The van der Waals surface area contributed by atoms with Crippen LogP contribution in [0.2, 0.25) is 0 Å². The van der Waals surface area contributed by atoms with Crippen molar-refractivity contribution in [1.82, 2.24) is 10.5 Å². The van der Waals surface area contributed by atoms with Crippen LogP contribution in [0.3, 0.4) is 0 Å². The lowest BCUT2D eigenvalue weighted by molar-refractivity contribution is -0.126. The van der Waals surface area contributed by atoms with E-state index in [1.54, 1.807) is 0 Å². The van der Waals surface area contributed by atoms with Crippen LogP contribution in [0.4, 0.5) is 0 Å². The van der Waals surface area contributed by atoms with E-state index in [0.717, 1.165) is 36.3 Å². The van der Waals surface area contributed by atoms with Crippen molar-refractivity contribution in [2.75, 3.05) is 6.54 Å². The van der Waals surface area contributed by atoms with E-state index in [1.165, 1.54) is 0 Å². The Morgan fingerprint density at radius 2 is 2.21 bits per heavy atom. The molecule has 1 aliphatic rings. The van der Waals surface area contributed by atoms with E-state index in [0.29, 0.717) is 19.0 Å². The molecular weight excluding hydrogens is 266 g/mol. The minimum Gasteiger partial charge on any atom is -0.361 e. The van der Waals surface area contributed by atoms with Crippen molar-refractivity contribution in [2.24, 2.45) is 17.6 Å². The third-order valence-corrected chi connectivity index (χ3v) is 3.92. The predicted octanol–water partition coefficient (Wildman–Crippen LogP) is 1.70. The number of halogens is 1. The lowest BCUT2D eigenvalue weighted by Gasteiger charge is -2.17. The van der Waals surface area contributed by atoms with Gasteiger partial charge in [-0.2, -0.15) is 0 Å². The number of nitrogens with two attached hydrogens (primary N) is 1. The summed E-state index contributed by atoms with van der Waals surface area (Å²) in [6.07, 6.45) is 3.13. The van der Waals surface area contributed by atoms with Crippen LogP contribution in [0.25, 0.3) is 0 Å². The van der Waals surface area contributed by atoms with Crippen LogP contribution in [-0.2, 0) is 11.3 Å². The fraction of sp³-hybridized carbons (Fsp3) is 0.692. The summed E-state index contributed by atoms with van der Waals surface area (Å²) in [7, 11) is 0. The summed E-state index contributed by atoms with van der Waals surface area (Å²) in [5.74, 6) is 1.31. The van der Waals surface area contributed by atoms with Gasteiger partial charge >= 0.3 is 0 Å². The topological polar surface area (TPSA) is 81.2 Å². The molecule has 0 radical (unpaired) electrons. The maximum absolute atomic E-state index is 12.1. The molecule has 0 aliphatic heterocycles. The summed E-state index contributed by atoms with van der Waals surface area (Å²) in [6.45, 7) is 4.84. The zero-order valence-corrected chi connectivity index (χ0v) is 12.3. The van der Waals surface area contributed by atoms with Gasteiger partial charge in [0.1, 0.15) is 5.76 Å². The van der Waals surface area contributed by atoms with E-state index in [2.05, 4.69) is 10.5 Å². The molecule has 0 saturated heterocycles. The second-order valence-electron chi connectivity index (χ2n) is 5.05. The summed E-state index contributed by atoms with van der Waals surface area (Å²) in [5.41, 5.74) is 7.52. The average Bonchev–Trinajstić information content (AvgIpc) is 2.94. The monoisotopic (exact) mass is 287 g/mol. The number of hydrogen-bond acceptors (Lipinski definition) is 4. The van der Waals surface area contributed by atoms with Crippen LogP contribution < -0.4 is 11.1 Å². The third-order valence-electron chi connectivity index (χ3n) is 3.92. The van der Waals surface area contributed by atoms with E-state index in [-0.39, 0.29) is 24.2 Å². The summed E-state index contributed by atoms with van der Waals surface area (Å²) >= 11 is 0. The van der Waals surface area contributed by atoms with Gasteiger partial charge in [-0.3, -0.25) is 4.79 Å². The van der Waals surface area contributed by atoms with Crippen molar-refractivity contribution in [3.8, 4) is 0 Å². The van der Waals surface area contributed by atoms with Crippen LogP contribution in [0.5, 0.6) is 0 Å². The summed E-state index contributed by atoms with van der Waals surface area (Å²) in [5, 5.41) is 6.85. The Morgan fingerprint density at radius 3 is 2.79 bits per heavy atom. The van der Waals surface area contributed by atoms with Crippen LogP contribution in [0.15, 0.2) is 4.52 Å². The first-order valence-corrected chi connectivity index (χ1v) is 6.53. The Hall–Kier alpha value is -1.07. The van der Waals surface area contributed by atoms with Gasteiger partial charge in [-0.15, -0.1) is 12.4 Å². The van der Waals surface area contributed by atoms with E-state index >= 15 is 0 Å². The molecule has 1 saturated carbocycles. The SMILES string of the molecule is Cc1noc(C)c1CNC(=O)[C@@H]1CCC[C@@H]1CN.Cl. The number of nitrogens with zero attached hydrogens (tertiary/aromatic N) is 1. The van der Waals surface area contributed by atoms with E-state index in [9.17, 15) is 4.79 Å². The van der Waals surface area contributed by atoms with Crippen molar-refractivity contribution in [2.45, 2.75) is 39.7 Å². The maximum Gasteiger partial charge on any atom is 0.223 e. The fourth-order valence-corrected chi connectivity index (χ4v) is 2.72. The average molecular weight is 288 g/mol. The van der Waals surface area contributed by atoms with Gasteiger partial charge in [0.05, 0.1) is 5.69 Å². The number of aryl methyl sites for hydroxylation is 2. The molecule has 5 nitrogen and oxygen atoms in total. The maximum atomic E-state index is 12.1. The lowest BCUT2D eigenvalue weighted by atomic mass is 9.95. The number of hydrogen-bond donors (Lipinski definition) is 2. The molecule has 1 aliphatic carbocycles. The van der Waals surface area contributed by atoms with Crippen molar-refractivity contribution < 1.29 is 9.32 Å². The fourth-order valence-electron chi connectivity index (χ4n) is 2.72. The Bertz CT molecular complexity index is 414. The Labute approximate surface area is 119 Å². The quantitative estimate of drug-likeness (QED) is 0.883. The predicted molar refractivity (Wildman–Crippen MR) is 75.0 cm³/mol. The van der Waals surface area contributed by atoms with Gasteiger partial charge in [0.2, 0.25) is 5.91 Å². The molecule has 1 heterocycles. The largest absolute Gasteiger partial charge is 0.361 e. The molecule has 1 amide bonds. The summed E-state index contributed by atoms with van der Waals surface area (Å²) in [4.78, 5) is 12.1. The lowest BCUT2D eigenvalue weighted by Crippen LogP contribution is -2.34. The zero-order valence-electron chi connectivity index (χ0n) is 11.4. The summed E-state index contributed by atoms with van der Waals surface area (Å²) < 4.78 is 5.07. The molecule has 3 N–H and O–H groups in total. The van der Waals surface area contributed by atoms with Crippen LogP contribution >= 0.6 is 12.4 Å². The highest BCUT2D eigenvalue weighted by molar-refractivity contribution is 5.85. The standard InChI is InChI=1S/C13H21N3O2.ClH/c1-8-12(9(2)18-16-8)7-15-13(17)11-5-3-4-10(11)6-14;/h10-11H,3-7,14H2,1-2H3,(H,15,17);1H/t10-,11-;/m1./s1. The normalized spacial score (nSPS) is 22.1. The van der Waals surface area contributed by atoms with E-state index in [4.69, 9.17) is 10.3 Å². The summed E-state index contributed by atoms with van der Waals surface area (Å²) in [6, 6.07) is 0. The van der Waals surface area contributed by atoms with Gasteiger partial charge in [-0.25, -0.2) is 0 Å². The molecule has 1 aromatic heterocycles. The van der Waals surface area contributed by atoms with Gasteiger partial charge in [-0.1, -0.05) is 11.6 Å². The van der Waals surface area contributed by atoms with Crippen LogP contribution in [0.1, 0.15) is 36.3 Å². The van der Waals surface area contributed by atoms with Crippen molar-refractivity contribution in [3.05, 3.63) is 17.0 Å². The molecule has 0 unspecified atom stereocenters. The zero-order chi connectivity index (χ0) is 13.1. The molecule has 0 spiro atoms. The number of carbonyl (C=O) groups excluding carboxylic acids is 1. The molecule has 2 atom stereocenters. The van der Waals surface area contributed by atoms with Gasteiger partial charge < -0.3 is 15.6 Å². The number of aromatic nitrogens is 1. The highest BCUT2D eigenvalue weighted by atomic mass is 35.5.